The van der Waals surface area contributed by atoms with Crippen LogP contribution in [0.1, 0.15) is 6.92 Å². The van der Waals surface area contributed by atoms with Gasteiger partial charge in [0.2, 0.25) is 10.0 Å². The third-order valence-electron chi connectivity index (χ3n) is 1.65. The maximum absolute atomic E-state index is 11.6. The lowest BCUT2D eigenvalue weighted by Gasteiger charge is -2.17. The average Bonchev–Trinajstić information content (AvgIpc) is 2.16. The molecule has 0 bridgehead atoms. The van der Waals surface area contributed by atoms with Gasteiger partial charge in [0.05, 0.1) is 17.9 Å². The van der Waals surface area contributed by atoms with Crippen molar-refractivity contribution in [2.45, 2.75) is 6.92 Å². The normalized spacial score (nSPS) is 13.1. The van der Waals surface area contributed by atoms with Gasteiger partial charge in [-0.1, -0.05) is 6.92 Å². The Morgan fingerprint density at radius 3 is 2.13 bits per heavy atom. The first-order valence-corrected chi connectivity index (χ1v) is 6.40. The van der Waals surface area contributed by atoms with E-state index in [4.69, 9.17) is 22.1 Å². The zero-order chi connectivity index (χ0) is 11.9. The van der Waals surface area contributed by atoms with Crippen LogP contribution in [0.5, 0.6) is 0 Å². The second-order valence-corrected chi connectivity index (χ2v) is 5.44. The highest BCUT2D eigenvalue weighted by molar-refractivity contribution is 7.89. The van der Waals surface area contributed by atoms with Crippen molar-refractivity contribution in [3.05, 3.63) is 0 Å². The van der Waals surface area contributed by atoms with E-state index >= 15 is 0 Å². The van der Waals surface area contributed by atoms with E-state index in [2.05, 4.69) is 0 Å². The monoisotopic (exact) mass is 249 g/mol. The van der Waals surface area contributed by atoms with Crippen LogP contribution >= 0.6 is 11.6 Å². The van der Waals surface area contributed by atoms with Crippen LogP contribution in [0.15, 0.2) is 0 Å². The Hall–Kier alpha value is -0.820. The van der Waals surface area contributed by atoms with Crippen molar-refractivity contribution in [3.8, 4) is 12.1 Å². The van der Waals surface area contributed by atoms with Crippen molar-refractivity contribution in [3.63, 3.8) is 0 Å². The summed E-state index contributed by atoms with van der Waals surface area (Å²) >= 11 is 5.50. The van der Waals surface area contributed by atoms with Crippen molar-refractivity contribution < 1.29 is 8.42 Å². The molecule has 15 heavy (non-hydrogen) atoms. The zero-order valence-corrected chi connectivity index (χ0v) is 9.92. The lowest BCUT2D eigenvalue weighted by atomic mass is 10.3. The van der Waals surface area contributed by atoms with E-state index in [0.29, 0.717) is 0 Å². The third-order valence-corrected chi connectivity index (χ3v) is 4.21. The summed E-state index contributed by atoms with van der Waals surface area (Å²) in [4.78, 5) is 0. The van der Waals surface area contributed by atoms with Crippen molar-refractivity contribution in [1.82, 2.24) is 4.31 Å². The van der Waals surface area contributed by atoms with Gasteiger partial charge >= 0.3 is 0 Å². The van der Waals surface area contributed by atoms with E-state index in [1.165, 1.54) is 0 Å². The quantitative estimate of drug-likeness (QED) is 0.508. The summed E-state index contributed by atoms with van der Waals surface area (Å²) in [5, 5.41) is 16.9. The van der Waals surface area contributed by atoms with E-state index in [1.807, 2.05) is 0 Å². The highest BCUT2D eigenvalue weighted by Gasteiger charge is 2.23. The molecule has 0 aliphatic carbocycles. The fourth-order valence-electron chi connectivity index (χ4n) is 0.920. The minimum atomic E-state index is -3.55. The molecule has 0 aliphatic heterocycles. The summed E-state index contributed by atoms with van der Waals surface area (Å²) < 4.78 is 24.1. The number of rotatable bonds is 6. The molecule has 7 heteroatoms. The van der Waals surface area contributed by atoms with Gasteiger partial charge in [-0.15, -0.1) is 11.6 Å². The van der Waals surface area contributed by atoms with Crippen LogP contribution < -0.4 is 0 Å². The van der Waals surface area contributed by atoms with Crippen LogP contribution in [0.25, 0.3) is 0 Å². The lowest BCUT2D eigenvalue weighted by molar-refractivity contribution is 0.472. The van der Waals surface area contributed by atoms with Gasteiger partial charge in [-0.2, -0.15) is 14.8 Å². The maximum atomic E-state index is 11.6. The summed E-state index contributed by atoms with van der Waals surface area (Å²) in [6, 6.07) is 3.43. The first-order chi connectivity index (χ1) is 6.97. The van der Waals surface area contributed by atoms with Crippen LogP contribution in [0.2, 0.25) is 0 Å². The highest BCUT2D eigenvalue weighted by Crippen LogP contribution is 2.08. The Balaban J connectivity index is 4.67. The average molecular weight is 250 g/mol. The molecule has 0 spiro atoms. The molecule has 0 aliphatic rings. The molecule has 0 radical (unpaired) electrons. The summed E-state index contributed by atoms with van der Waals surface area (Å²) in [6.07, 6.45) is 0. The highest BCUT2D eigenvalue weighted by atomic mass is 35.5. The van der Waals surface area contributed by atoms with E-state index in [0.717, 1.165) is 4.31 Å². The molecule has 0 saturated heterocycles. The molecule has 84 valence electrons. The summed E-state index contributed by atoms with van der Waals surface area (Å²) in [7, 11) is -3.55. The first-order valence-electron chi connectivity index (χ1n) is 4.25. The number of nitrogens with zero attached hydrogens (tertiary/aromatic N) is 3. The molecule has 0 amide bonds. The van der Waals surface area contributed by atoms with E-state index in [-0.39, 0.29) is 30.6 Å². The molecular formula is C8H12ClN3O2S. The summed E-state index contributed by atoms with van der Waals surface area (Å²) in [6.45, 7) is 1.09. The fourth-order valence-corrected chi connectivity index (χ4v) is 2.71. The molecule has 1 unspecified atom stereocenters. The number of halogens is 1. The van der Waals surface area contributed by atoms with Gasteiger partial charge in [0.25, 0.3) is 0 Å². The van der Waals surface area contributed by atoms with Crippen LogP contribution in [-0.2, 0) is 10.0 Å². The fraction of sp³-hybridized carbons (Fsp3) is 0.750. The van der Waals surface area contributed by atoms with Crippen LogP contribution in [0.3, 0.4) is 0 Å². The minimum absolute atomic E-state index is 0.139. The van der Waals surface area contributed by atoms with Crippen molar-refractivity contribution in [2.75, 3.05) is 24.7 Å². The Kier molecular flexibility index (Phi) is 6.26. The van der Waals surface area contributed by atoms with Crippen molar-refractivity contribution in [2.24, 2.45) is 5.92 Å². The SMILES string of the molecule is CC(CCl)CS(=O)(=O)N(CC#N)CC#N. The lowest BCUT2D eigenvalue weighted by Crippen LogP contribution is -2.35. The van der Waals surface area contributed by atoms with Gasteiger partial charge in [0.1, 0.15) is 13.1 Å². The molecular weight excluding hydrogens is 238 g/mol. The Morgan fingerprint density at radius 1 is 1.33 bits per heavy atom. The van der Waals surface area contributed by atoms with Gasteiger partial charge in [-0.25, -0.2) is 8.42 Å². The molecule has 0 rings (SSSR count). The van der Waals surface area contributed by atoms with E-state index < -0.39 is 10.0 Å². The second-order valence-electron chi connectivity index (χ2n) is 3.12. The van der Waals surface area contributed by atoms with Crippen molar-refractivity contribution in [1.29, 1.82) is 10.5 Å². The summed E-state index contributed by atoms with van der Waals surface area (Å²) in [5.74, 6) is -0.108. The molecule has 5 nitrogen and oxygen atoms in total. The van der Waals surface area contributed by atoms with E-state index in [1.54, 1.807) is 19.1 Å². The predicted molar refractivity (Wildman–Crippen MR) is 56.5 cm³/mol. The third kappa shape index (κ3) is 4.98. The molecule has 1 atom stereocenters. The molecule has 0 aromatic heterocycles. The minimum Gasteiger partial charge on any atom is -0.212 e. The topological polar surface area (TPSA) is 85.0 Å². The Labute approximate surface area is 94.9 Å². The number of hydrogen-bond donors (Lipinski definition) is 0. The first kappa shape index (κ1) is 14.2. The van der Waals surface area contributed by atoms with Gasteiger partial charge in [-0.3, -0.25) is 0 Å². The smallest absolute Gasteiger partial charge is 0.212 e. The van der Waals surface area contributed by atoms with Gasteiger partial charge in [-0.05, 0) is 5.92 Å². The Morgan fingerprint density at radius 2 is 1.80 bits per heavy atom. The number of sulfonamides is 1. The van der Waals surface area contributed by atoms with E-state index in [9.17, 15) is 8.42 Å². The van der Waals surface area contributed by atoms with Crippen LogP contribution in [0.4, 0.5) is 0 Å². The molecule has 0 heterocycles. The maximum Gasteiger partial charge on any atom is 0.216 e. The van der Waals surface area contributed by atoms with Gasteiger partial charge in [0, 0.05) is 5.88 Å². The molecule has 0 aromatic carbocycles. The predicted octanol–water partition coefficient (Wildman–Crippen LogP) is 0.540. The van der Waals surface area contributed by atoms with Gasteiger partial charge in [0.15, 0.2) is 0 Å². The Bertz CT molecular complexity index is 352. The number of hydrogen-bond acceptors (Lipinski definition) is 4. The second kappa shape index (κ2) is 6.62. The molecule has 0 fully saturated rings. The summed E-state index contributed by atoms with van der Waals surface area (Å²) in [5.41, 5.74) is 0. The van der Waals surface area contributed by atoms with Gasteiger partial charge < -0.3 is 0 Å². The zero-order valence-electron chi connectivity index (χ0n) is 8.35. The van der Waals surface area contributed by atoms with Crippen LogP contribution in [-0.4, -0.2) is 37.4 Å². The molecule has 0 N–H and O–H groups in total. The van der Waals surface area contributed by atoms with Crippen molar-refractivity contribution >= 4 is 21.6 Å². The van der Waals surface area contributed by atoms with Crippen LogP contribution in [0, 0.1) is 28.6 Å². The number of nitriles is 2. The standard InChI is InChI=1S/C8H12ClN3O2S/c1-8(6-9)7-15(13,14)12(4-2-10)5-3-11/h8H,4-7H2,1H3. The largest absolute Gasteiger partial charge is 0.216 e. The molecule has 0 saturated carbocycles. The number of alkyl halides is 1. The molecule has 0 aromatic rings.